The van der Waals surface area contributed by atoms with Gasteiger partial charge >= 0.3 is 0 Å². The number of carbonyl (C=O) groups is 1. The standard InChI is InChI=1S/C11H13N5O2/c1-18-9-4-2-3-8(5-9)13-11(17)7-16-6-10(12)14-15-16/h2-6H,7,12H2,1H3,(H,13,17). The topological polar surface area (TPSA) is 95.1 Å². The first-order valence-electron chi connectivity index (χ1n) is 5.27. The summed E-state index contributed by atoms with van der Waals surface area (Å²) in [4.78, 5) is 11.7. The van der Waals surface area contributed by atoms with Gasteiger partial charge in [0.1, 0.15) is 12.3 Å². The Balaban J connectivity index is 1.98. The first-order chi connectivity index (χ1) is 8.67. The number of anilines is 2. The molecule has 0 unspecified atom stereocenters. The number of amides is 1. The molecule has 1 aromatic carbocycles. The molecule has 0 saturated carbocycles. The molecule has 0 aliphatic rings. The van der Waals surface area contributed by atoms with Crippen molar-refractivity contribution in [2.45, 2.75) is 6.54 Å². The van der Waals surface area contributed by atoms with Crippen LogP contribution in [-0.2, 0) is 11.3 Å². The molecule has 2 aromatic rings. The number of ether oxygens (including phenoxy) is 1. The molecule has 0 saturated heterocycles. The van der Waals surface area contributed by atoms with E-state index in [2.05, 4.69) is 15.6 Å². The molecule has 94 valence electrons. The minimum absolute atomic E-state index is 0.0570. The van der Waals surface area contributed by atoms with Crippen molar-refractivity contribution in [1.82, 2.24) is 15.0 Å². The van der Waals surface area contributed by atoms with E-state index in [1.165, 1.54) is 10.9 Å². The number of nitrogen functional groups attached to an aromatic ring is 1. The molecule has 18 heavy (non-hydrogen) atoms. The Labute approximate surface area is 104 Å². The minimum atomic E-state index is -0.215. The minimum Gasteiger partial charge on any atom is -0.497 e. The Kier molecular flexibility index (Phi) is 3.42. The van der Waals surface area contributed by atoms with Crippen LogP contribution in [0.25, 0.3) is 0 Å². The number of aromatic nitrogens is 3. The van der Waals surface area contributed by atoms with Gasteiger partial charge in [-0.1, -0.05) is 11.3 Å². The number of nitrogens with zero attached hydrogens (tertiary/aromatic N) is 3. The number of rotatable bonds is 4. The lowest BCUT2D eigenvalue weighted by molar-refractivity contribution is -0.116. The maximum atomic E-state index is 11.7. The molecule has 1 amide bonds. The maximum absolute atomic E-state index is 11.7. The number of benzene rings is 1. The predicted octanol–water partition coefficient (Wildman–Crippen LogP) is 0.508. The van der Waals surface area contributed by atoms with Crippen molar-refractivity contribution in [2.75, 3.05) is 18.2 Å². The van der Waals surface area contributed by atoms with E-state index in [4.69, 9.17) is 10.5 Å². The normalized spacial score (nSPS) is 10.1. The summed E-state index contributed by atoms with van der Waals surface area (Å²) < 4.78 is 6.43. The van der Waals surface area contributed by atoms with E-state index >= 15 is 0 Å². The summed E-state index contributed by atoms with van der Waals surface area (Å²) in [6.45, 7) is 0.0570. The summed E-state index contributed by atoms with van der Waals surface area (Å²) in [5, 5.41) is 10.0. The second-order valence-corrected chi connectivity index (χ2v) is 3.62. The number of methoxy groups -OCH3 is 1. The van der Waals surface area contributed by atoms with Crippen molar-refractivity contribution in [3.63, 3.8) is 0 Å². The third-order valence-corrected chi connectivity index (χ3v) is 2.22. The largest absolute Gasteiger partial charge is 0.497 e. The molecule has 0 atom stereocenters. The maximum Gasteiger partial charge on any atom is 0.246 e. The van der Waals surface area contributed by atoms with Gasteiger partial charge in [0, 0.05) is 11.8 Å². The number of nitrogens with two attached hydrogens (primary N) is 1. The van der Waals surface area contributed by atoms with Crippen LogP contribution in [0.15, 0.2) is 30.5 Å². The van der Waals surface area contributed by atoms with E-state index in [-0.39, 0.29) is 18.3 Å². The Morgan fingerprint density at radius 2 is 2.39 bits per heavy atom. The van der Waals surface area contributed by atoms with Gasteiger partial charge in [-0.2, -0.15) is 0 Å². The fraction of sp³-hybridized carbons (Fsp3) is 0.182. The van der Waals surface area contributed by atoms with Gasteiger partial charge in [0.25, 0.3) is 0 Å². The van der Waals surface area contributed by atoms with Crippen LogP contribution < -0.4 is 15.8 Å². The summed E-state index contributed by atoms with van der Waals surface area (Å²) >= 11 is 0. The molecular weight excluding hydrogens is 234 g/mol. The summed E-state index contributed by atoms with van der Waals surface area (Å²) in [7, 11) is 1.57. The van der Waals surface area contributed by atoms with E-state index in [0.29, 0.717) is 11.4 Å². The summed E-state index contributed by atoms with van der Waals surface area (Å²) in [6, 6.07) is 7.10. The molecule has 0 spiro atoms. The lowest BCUT2D eigenvalue weighted by atomic mass is 10.3. The van der Waals surface area contributed by atoms with Crippen LogP contribution in [0.2, 0.25) is 0 Å². The predicted molar refractivity (Wildman–Crippen MR) is 66.1 cm³/mol. The molecule has 0 fully saturated rings. The number of hydrogen-bond donors (Lipinski definition) is 2. The molecule has 1 heterocycles. The van der Waals surface area contributed by atoms with Crippen LogP contribution in [0, 0.1) is 0 Å². The first-order valence-corrected chi connectivity index (χ1v) is 5.27. The monoisotopic (exact) mass is 247 g/mol. The average molecular weight is 247 g/mol. The molecule has 7 nitrogen and oxygen atoms in total. The SMILES string of the molecule is COc1cccc(NC(=O)Cn2cc(N)nn2)c1. The van der Waals surface area contributed by atoms with Crippen molar-refractivity contribution in [1.29, 1.82) is 0 Å². The van der Waals surface area contributed by atoms with Crippen LogP contribution in [0.3, 0.4) is 0 Å². The van der Waals surface area contributed by atoms with Crippen LogP contribution in [0.1, 0.15) is 0 Å². The van der Waals surface area contributed by atoms with Crippen molar-refractivity contribution in [2.24, 2.45) is 0 Å². The molecule has 0 bridgehead atoms. The first kappa shape index (κ1) is 11.9. The van der Waals surface area contributed by atoms with Crippen molar-refractivity contribution in [3.05, 3.63) is 30.5 Å². The van der Waals surface area contributed by atoms with E-state index in [9.17, 15) is 4.79 Å². The summed E-state index contributed by atoms with van der Waals surface area (Å²) in [5.74, 6) is 0.745. The Morgan fingerprint density at radius 1 is 1.56 bits per heavy atom. The van der Waals surface area contributed by atoms with Gasteiger partial charge < -0.3 is 15.8 Å². The highest BCUT2D eigenvalue weighted by molar-refractivity contribution is 5.90. The third-order valence-electron chi connectivity index (χ3n) is 2.22. The number of carbonyl (C=O) groups excluding carboxylic acids is 1. The lowest BCUT2D eigenvalue weighted by Gasteiger charge is -2.06. The zero-order chi connectivity index (χ0) is 13.0. The Morgan fingerprint density at radius 3 is 3.06 bits per heavy atom. The summed E-state index contributed by atoms with van der Waals surface area (Å²) in [5.41, 5.74) is 6.06. The van der Waals surface area contributed by atoms with E-state index in [0.717, 1.165) is 0 Å². The Bertz CT molecular complexity index is 552. The van der Waals surface area contributed by atoms with Gasteiger partial charge in [0.05, 0.1) is 13.3 Å². The quantitative estimate of drug-likeness (QED) is 0.820. The van der Waals surface area contributed by atoms with Gasteiger partial charge in [-0.05, 0) is 12.1 Å². The third kappa shape index (κ3) is 2.97. The zero-order valence-electron chi connectivity index (χ0n) is 9.83. The van der Waals surface area contributed by atoms with Gasteiger partial charge in [0.15, 0.2) is 5.82 Å². The van der Waals surface area contributed by atoms with E-state index in [1.54, 1.807) is 31.4 Å². The van der Waals surface area contributed by atoms with Crippen LogP contribution in [-0.4, -0.2) is 28.0 Å². The van der Waals surface area contributed by atoms with Gasteiger partial charge in [-0.3, -0.25) is 4.79 Å². The molecule has 1 aromatic heterocycles. The average Bonchev–Trinajstić information content (AvgIpc) is 2.74. The van der Waals surface area contributed by atoms with E-state index < -0.39 is 0 Å². The van der Waals surface area contributed by atoms with Gasteiger partial charge in [-0.15, -0.1) is 5.10 Å². The highest BCUT2D eigenvalue weighted by Gasteiger charge is 2.05. The second-order valence-electron chi connectivity index (χ2n) is 3.62. The Hall–Kier alpha value is -2.57. The van der Waals surface area contributed by atoms with Crippen molar-refractivity contribution in [3.8, 4) is 5.75 Å². The highest BCUT2D eigenvalue weighted by Crippen LogP contribution is 2.16. The fourth-order valence-corrected chi connectivity index (χ4v) is 1.44. The zero-order valence-corrected chi connectivity index (χ0v) is 9.83. The molecular formula is C11H13N5O2. The van der Waals surface area contributed by atoms with Crippen molar-refractivity contribution >= 4 is 17.4 Å². The molecule has 2 rings (SSSR count). The summed E-state index contributed by atoms with van der Waals surface area (Å²) in [6.07, 6.45) is 1.49. The highest BCUT2D eigenvalue weighted by atomic mass is 16.5. The van der Waals surface area contributed by atoms with Gasteiger partial charge in [0.2, 0.25) is 5.91 Å². The smallest absolute Gasteiger partial charge is 0.246 e. The molecule has 0 aliphatic heterocycles. The van der Waals surface area contributed by atoms with Crippen LogP contribution in [0.4, 0.5) is 11.5 Å². The lowest BCUT2D eigenvalue weighted by Crippen LogP contribution is -2.19. The number of hydrogen-bond acceptors (Lipinski definition) is 5. The number of nitrogens with one attached hydrogen (secondary N) is 1. The second kappa shape index (κ2) is 5.17. The van der Waals surface area contributed by atoms with Crippen molar-refractivity contribution < 1.29 is 9.53 Å². The van der Waals surface area contributed by atoms with E-state index in [1.807, 2.05) is 0 Å². The van der Waals surface area contributed by atoms with Crippen LogP contribution >= 0.6 is 0 Å². The molecule has 7 heteroatoms. The molecule has 0 radical (unpaired) electrons. The van der Waals surface area contributed by atoms with Crippen LogP contribution in [0.5, 0.6) is 5.75 Å². The fourth-order valence-electron chi connectivity index (χ4n) is 1.44. The van der Waals surface area contributed by atoms with Gasteiger partial charge in [-0.25, -0.2) is 4.68 Å². The molecule has 3 N–H and O–H groups in total. The molecule has 0 aliphatic carbocycles.